The average molecular weight is 482 g/mol. The van der Waals surface area contributed by atoms with Crippen molar-refractivity contribution < 1.29 is 29.1 Å². The number of hydrogen-bond acceptors (Lipinski definition) is 5. The van der Waals surface area contributed by atoms with Gasteiger partial charge in [0.25, 0.3) is 5.91 Å². The molecule has 1 atom stereocenters. The van der Waals surface area contributed by atoms with Crippen molar-refractivity contribution in [1.82, 2.24) is 9.88 Å². The largest absolute Gasteiger partial charge is 0.872 e. The van der Waals surface area contributed by atoms with Crippen molar-refractivity contribution >= 4 is 23.4 Å². The Labute approximate surface area is 206 Å². The van der Waals surface area contributed by atoms with Gasteiger partial charge < -0.3 is 24.6 Å². The molecule has 2 heterocycles. The summed E-state index contributed by atoms with van der Waals surface area (Å²) in [5.74, 6) is -2.57. The van der Waals surface area contributed by atoms with Crippen molar-refractivity contribution in [2.45, 2.75) is 47.1 Å². The second-order valence-corrected chi connectivity index (χ2v) is 9.06. The summed E-state index contributed by atoms with van der Waals surface area (Å²) >= 11 is 0. The van der Waals surface area contributed by atoms with E-state index in [1.165, 1.54) is 16.9 Å². The number of methoxy groups -OCH3 is 1. The lowest BCUT2D eigenvalue weighted by molar-refractivity contribution is -0.896. The summed E-state index contributed by atoms with van der Waals surface area (Å²) in [7, 11) is 1.26. The lowest BCUT2D eigenvalue weighted by Gasteiger charge is -2.28. The van der Waals surface area contributed by atoms with Crippen LogP contribution in [0.15, 0.2) is 29.8 Å². The number of likely N-dealkylation sites (tertiary alicyclic amines) is 1. The third-order valence-corrected chi connectivity index (χ3v) is 6.91. The van der Waals surface area contributed by atoms with Gasteiger partial charge in [-0.1, -0.05) is 35.6 Å². The first-order valence-electron chi connectivity index (χ1n) is 12.1. The van der Waals surface area contributed by atoms with Crippen molar-refractivity contribution in [3.63, 3.8) is 0 Å². The van der Waals surface area contributed by atoms with Crippen molar-refractivity contribution in [3.8, 4) is 0 Å². The number of aromatic amines is 1. The molecule has 1 fully saturated rings. The first-order chi connectivity index (χ1) is 16.7. The summed E-state index contributed by atoms with van der Waals surface area (Å²) in [6.45, 7) is 12.7. The molecule has 1 unspecified atom stereocenters. The van der Waals surface area contributed by atoms with Crippen LogP contribution in [0, 0.1) is 20.8 Å². The molecule has 188 valence electrons. The minimum atomic E-state index is -0.782. The molecule has 1 saturated heterocycles. The maximum absolute atomic E-state index is 13.8. The highest BCUT2D eigenvalue weighted by Gasteiger charge is 2.44. The Morgan fingerprint density at radius 2 is 1.74 bits per heavy atom. The molecule has 0 radical (unpaired) electrons. The molecule has 1 aliphatic rings. The van der Waals surface area contributed by atoms with Crippen LogP contribution in [0.4, 0.5) is 0 Å². The Hall–Kier alpha value is -3.39. The number of quaternary nitrogens is 1. The van der Waals surface area contributed by atoms with Gasteiger partial charge >= 0.3 is 5.97 Å². The van der Waals surface area contributed by atoms with E-state index < -0.39 is 29.5 Å². The van der Waals surface area contributed by atoms with E-state index in [4.69, 9.17) is 4.74 Å². The summed E-state index contributed by atoms with van der Waals surface area (Å²) in [4.78, 5) is 44.4. The van der Waals surface area contributed by atoms with Crippen LogP contribution in [0.1, 0.15) is 64.7 Å². The van der Waals surface area contributed by atoms with Crippen molar-refractivity contribution in [2.75, 3.05) is 33.3 Å². The van der Waals surface area contributed by atoms with E-state index in [0.29, 0.717) is 29.8 Å². The van der Waals surface area contributed by atoms with E-state index in [2.05, 4.69) is 18.8 Å². The maximum Gasteiger partial charge on any atom is 0.354 e. The lowest BCUT2D eigenvalue weighted by atomic mass is 9.93. The molecule has 8 heteroatoms. The number of rotatable bonds is 9. The summed E-state index contributed by atoms with van der Waals surface area (Å²) in [5.41, 5.74) is 2.92. The molecular weight excluding hydrogens is 446 g/mol. The maximum atomic E-state index is 13.8. The quantitative estimate of drug-likeness (QED) is 0.243. The summed E-state index contributed by atoms with van der Waals surface area (Å²) < 4.78 is 4.81. The second kappa shape index (κ2) is 10.9. The molecule has 2 aromatic rings. The van der Waals surface area contributed by atoms with Gasteiger partial charge in [0.1, 0.15) is 5.69 Å². The Bertz CT molecular complexity index is 1140. The predicted octanol–water partition coefficient (Wildman–Crippen LogP) is 1.27. The van der Waals surface area contributed by atoms with Crippen LogP contribution in [-0.2, 0) is 14.3 Å². The summed E-state index contributed by atoms with van der Waals surface area (Å²) in [6.07, 6.45) is 0.717. The molecule has 8 nitrogen and oxygen atoms in total. The van der Waals surface area contributed by atoms with Gasteiger partial charge in [-0.25, -0.2) is 4.79 Å². The SMILES string of the molecule is CC[NH+](CC)CCCN1C(=O)C(=O)/C(=C(/[O-])c2c(C)[nH]c(C(=O)OC)c2C)C1c1ccc(C)cc1. The summed E-state index contributed by atoms with van der Waals surface area (Å²) in [6, 6.07) is 6.76. The Kier molecular flexibility index (Phi) is 8.17. The van der Waals surface area contributed by atoms with E-state index >= 15 is 0 Å². The number of amides is 1. The number of aromatic nitrogens is 1. The molecule has 1 aromatic carbocycles. The number of carbonyl (C=O) groups excluding carboxylic acids is 3. The predicted molar refractivity (Wildman–Crippen MR) is 131 cm³/mol. The van der Waals surface area contributed by atoms with Gasteiger partial charge in [0.2, 0.25) is 5.78 Å². The Morgan fingerprint density at radius 1 is 1.11 bits per heavy atom. The Morgan fingerprint density at radius 3 is 2.31 bits per heavy atom. The summed E-state index contributed by atoms with van der Waals surface area (Å²) in [5, 5.41) is 13.8. The van der Waals surface area contributed by atoms with E-state index in [9.17, 15) is 19.5 Å². The molecule has 3 rings (SSSR count). The zero-order valence-electron chi connectivity index (χ0n) is 21.4. The lowest BCUT2D eigenvalue weighted by Crippen LogP contribution is -3.11. The minimum Gasteiger partial charge on any atom is -0.872 e. The van der Waals surface area contributed by atoms with Gasteiger partial charge in [-0.3, -0.25) is 9.59 Å². The molecule has 35 heavy (non-hydrogen) atoms. The van der Waals surface area contributed by atoms with E-state index in [0.717, 1.165) is 25.2 Å². The molecule has 0 spiro atoms. The molecule has 0 saturated carbocycles. The number of aryl methyl sites for hydroxylation is 2. The standard InChI is InChI=1S/C27H35N3O5/c1-7-29(8-2)14-9-15-30-23(19-12-10-16(3)11-13-19)21(25(32)26(30)33)24(31)20-17(4)22(27(34)35-6)28-18(20)5/h10-13,23,28,31H,7-9,14-15H2,1-6H3/b24-21+. The van der Waals surface area contributed by atoms with Gasteiger partial charge in [-0.2, -0.15) is 0 Å². The number of ketones is 1. The number of hydrogen-bond donors (Lipinski definition) is 2. The first-order valence-corrected chi connectivity index (χ1v) is 12.1. The molecule has 0 aliphatic carbocycles. The monoisotopic (exact) mass is 481 g/mol. The topological polar surface area (TPSA) is 107 Å². The van der Waals surface area contributed by atoms with Crippen LogP contribution in [0.25, 0.3) is 5.76 Å². The van der Waals surface area contributed by atoms with Crippen molar-refractivity contribution in [1.29, 1.82) is 0 Å². The normalized spacial score (nSPS) is 17.5. The smallest absolute Gasteiger partial charge is 0.354 e. The minimum absolute atomic E-state index is 0.0735. The fraction of sp³-hybridized carbons (Fsp3) is 0.444. The number of esters is 1. The van der Waals surface area contributed by atoms with Gasteiger partial charge in [-0.15, -0.1) is 0 Å². The van der Waals surface area contributed by atoms with Crippen molar-refractivity contribution in [2.24, 2.45) is 0 Å². The first kappa shape index (κ1) is 26.2. The fourth-order valence-corrected chi connectivity index (χ4v) is 4.83. The van der Waals surface area contributed by atoms with Gasteiger partial charge in [0.05, 0.1) is 32.8 Å². The van der Waals surface area contributed by atoms with Crippen LogP contribution >= 0.6 is 0 Å². The number of nitrogens with zero attached hydrogens (tertiary/aromatic N) is 1. The Balaban J connectivity index is 2.11. The average Bonchev–Trinajstić information content (AvgIpc) is 3.28. The second-order valence-electron chi connectivity index (χ2n) is 9.06. The number of nitrogens with one attached hydrogen (secondary N) is 2. The molecule has 0 bridgehead atoms. The highest BCUT2D eigenvalue weighted by Crippen LogP contribution is 2.40. The number of ether oxygens (including phenoxy) is 1. The van der Waals surface area contributed by atoms with Gasteiger partial charge in [-0.05, 0) is 51.3 Å². The number of carbonyl (C=O) groups is 3. The van der Waals surface area contributed by atoms with Crippen LogP contribution in [0.2, 0.25) is 0 Å². The highest BCUT2D eigenvalue weighted by atomic mass is 16.5. The van der Waals surface area contributed by atoms with E-state index in [1.54, 1.807) is 13.8 Å². The van der Waals surface area contributed by atoms with Crippen molar-refractivity contribution in [3.05, 3.63) is 63.5 Å². The van der Waals surface area contributed by atoms with Crippen LogP contribution in [0.5, 0.6) is 0 Å². The number of benzene rings is 1. The molecule has 1 aromatic heterocycles. The third kappa shape index (κ3) is 5.03. The zero-order valence-corrected chi connectivity index (χ0v) is 21.4. The van der Waals surface area contributed by atoms with Crippen LogP contribution in [-0.4, -0.2) is 60.8 Å². The number of H-pyrrole nitrogens is 1. The molecule has 1 aliphatic heterocycles. The fourth-order valence-electron chi connectivity index (χ4n) is 4.83. The van der Waals surface area contributed by atoms with E-state index in [-0.39, 0.29) is 16.8 Å². The molecule has 1 amide bonds. The molecule has 2 N–H and O–H groups in total. The van der Waals surface area contributed by atoms with E-state index in [1.807, 2.05) is 31.2 Å². The number of Topliss-reactive ketones (excluding diaryl/α,β-unsaturated/α-hetero) is 1. The highest BCUT2D eigenvalue weighted by molar-refractivity contribution is 6.46. The van der Waals surface area contributed by atoms with Crippen LogP contribution in [0.3, 0.4) is 0 Å². The van der Waals surface area contributed by atoms with Gasteiger partial charge in [0, 0.05) is 24.2 Å². The van der Waals surface area contributed by atoms with Gasteiger partial charge in [0.15, 0.2) is 0 Å². The molecular formula is C27H35N3O5. The zero-order chi connectivity index (χ0) is 25.9. The van der Waals surface area contributed by atoms with Crippen LogP contribution < -0.4 is 10.0 Å². The third-order valence-electron chi connectivity index (χ3n) is 6.91.